The van der Waals surface area contributed by atoms with Crippen LogP contribution in [-0.2, 0) is 6.42 Å². The summed E-state index contributed by atoms with van der Waals surface area (Å²) in [6.45, 7) is 4.27. The zero-order valence-corrected chi connectivity index (χ0v) is 12.2. The molecule has 0 fully saturated rings. The van der Waals surface area contributed by atoms with Crippen molar-refractivity contribution in [2.75, 3.05) is 4.31 Å². The maximum absolute atomic E-state index is 5.86. The summed E-state index contributed by atoms with van der Waals surface area (Å²) < 4.78 is 6.19. The van der Waals surface area contributed by atoms with E-state index in [1.165, 1.54) is 23.3 Å². The molecule has 5 nitrogen and oxygen atoms in total. The Morgan fingerprint density at radius 1 is 1.25 bits per heavy atom. The Kier molecular flexibility index (Phi) is 3.31. The van der Waals surface area contributed by atoms with Crippen molar-refractivity contribution in [3.05, 3.63) is 47.4 Å². The van der Waals surface area contributed by atoms with Gasteiger partial charge in [-0.2, -0.15) is 4.40 Å². The first kappa shape index (κ1) is 12.9. The van der Waals surface area contributed by atoms with Gasteiger partial charge in [0.2, 0.25) is 0 Å². The van der Waals surface area contributed by atoms with Crippen LogP contribution in [0.4, 0.5) is 11.5 Å². The van der Waals surface area contributed by atoms with Crippen molar-refractivity contribution in [2.24, 2.45) is 10.1 Å². The highest BCUT2D eigenvalue weighted by molar-refractivity contribution is 8.00. The quantitative estimate of drug-likeness (QED) is 0.859. The first-order valence-electron chi connectivity index (χ1n) is 6.42. The number of aromatic nitrogens is 2. The minimum absolute atomic E-state index is 0.413. The summed E-state index contributed by atoms with van der Waals surface area (Å²) in [7, 11) is 0. The Balaban J connectivity index is 2.06. The van der Waals surface area contributed by atoms with Crippen LogP contribution in [0.2, 0.25) is 0 Å². The van der Waals surface area contributed by atoms with Gasteiger partial charge in [-0.15, -0.1) is 0 Å². The van der Waals surface area contributed by atoms with Crippen LogP contribution in [0.3, 0.4) is 0 Å². The number of rotatable bonds is 2. The molecule has 0 spiro atoms. The highest BCUT2D eigenvalue weighted by Gasteiger charge is 2.23. The van der Waals surface area contributed by atoms with E-state index in [4.69, 9.17) is 5.73 Å². The molecule has 0 radical (unpaired) electrons. The molecule has 0 aliphatic carbocycles. The van der Waals surface area contributed by atoms with Gasteiger partial charge >= 0.3 is 0 Å². The summed E-state index contributed by atoms with van der Waals surface area (Å²) in [5.41, 5.74) is 10.1. The highest BCUT2D eigenvalue weighted by atomic mass is 32.2. The first-order chi connectivity index (χ1) is 9.70. The number of hydrogen-bond donors (Lipinski definition) is 1. The van der Waals surface area contributed by atoms with E-state index in [0.717, 1.165) is 17.9 Å². The predicted molar refractivity (Wildman–Crippen MR) is 83.0 cm³/mol. The second-order valence-corrected chi connectivity index (χ2v) is 5.26. The fourth-order valence-electron chi connectivity index (χ4n) is 2.20. The van der Waals surface area contributed by atoms with Gasteiger partial charge in [0.25, 0.3) is 0 Å². The van der Waals surface area contributed by atoms with Gasteiger partial charge in [0.05, 0.1) is 5.69 Å². The van der Waals surface area contributed by atoms with Crippen molar-refractivity contribution >= 4 is 29.5 Å². The predicted octanol–water partition coefficient (Wildman–Crippen LogP) is 2.77. The fourth-order valence-corrected chi connectivity index (χ4v) is 2.87. The third-order valence-electron chi connectivity index (χ3n) is 3.28. The van der Waals surface area contributed by atoms with E-state index in [9.17, 15) is 0 Å². The summed E-state index contributed by atoms with van der Waals surface area (Å²) in [6.07, 6.45) is 4.32. The van der Waals surface area contributed by atoms with Crippen molar-refractivity contribution in [2.45, 2.75) is 20.3 Å². The molecule has 1 aromatic carbocycles. The number of anilines is 2. The highest BCUT2D eigenvalue weighted by Crippen LogP contribution is 2.37. The zero-order valence-electron chi connectivity index (χ0n) is 11.4. The molecule has 20 heavy (non-hydrogen) atoms. The number of nitrogens with zero attached hydrogens (tertiary/aromatic N) is 4. The normalized spacial score (nSPS) is 13.9. The largest absolute Gasteiger partial charge is 0.381 e. The minimum atomic E-state index is 0.413. The molecule has 1 aliphatic heterocycles. The van der Waals surface area contributed by atoms with Crippen LogP contribution < -0.4 is 10.0 Å². The molecule has 0 saturated carbocycles. The van der Waals surface area contributed by atoms with Crippen LogP contribution in [0.5, 0.6) is 0 Å². The van der Waals surface area contributed by atoms with Gasteiger partial charge in [-0.3, -0.25) is 0 Å². The van der Waals surface area contributed by atoms with Crippen LogP contribution in [0.15, 0.2) is 35.0 Å². The molecule has 2 N–H and O–H groups in total. The average molecular weight is 285 g/mol. The smallest absolute Gasteiger partial charge is 0.174 e. The maximum Gasteiger partial charge on any atom is 0.174 e. The molecular formula is C14H15N5S. The lowest BCUT2D eigenvalue weighted by atomic mass is 10.1. The Morgan fingerprint density at radius 2 is 2.05 bits per heavy atom. The lowest BCUT2D eigenvalue weighted by molar-refractivity contribution is 1.10. The van der Waals surface area contributed by atoms with E-state index >= 15 is 0 Å². The van der Waals surface area contributed by atoms with E-state index in [0.29, 0.717) is 11.5 Å². The molecule has 0 unspecified atom stereocenters. The first-order valence-corrected chi connectivity index (χ1v) is 7.15. The SMILES string of the molecule is CCc1ccc(N2SN=C(N)c3nccnc32)cc1C. The van der Waals surface area contributed by atoms with Crippen LogP contribution in [-0.4, -0.2) is 15.8 Å². The summed E-state index contributed by atoms with van der Waals surface area (Å²) in [4.78, 5) is 8.64. The van der Waals surface area contributed by atoms with Crippen LogP contribution in [0.1, 0.15) is 23.7 Å². The van der Waals surface area contributed by atoms with Crippen molar-refractivity contribution in [3.8, 4) is 0 Å². The number of hydrogen-bond acceptors (Lipinski definition) is 6. The molecule has 0 amide bonds. The van der Waals surface area contributed by atoms with Crippen molar-refractivity contribution in [1.29, 1.82) is 0 Å². The molecule has 0 atom stereocenters. The van der Waals surface area contributed by atoms with E-state index in [-0.39, 0.29) is 0 Å². The van der Waals surface area contributed by atoms with Gasteiger partial charge in [-0.1, -0.05) is 13.0 Å². The Morgan fingerprint density at radius 3 is 2.80 bits per heavy atom. The summed E-state index contributed by atoms with van der Waals surface area (Å²) in [5, 5.41) is 0. The van der Waals surface area contributed by atoms with Gasteiger partial charge in [-0.05, 0) is 36.6 Å². The Hall–Kier alpha value is -2.08. The van der Waals surface area contributed by atoms with Crippen LogP contribution >= 0.6 is 12.1 Å². The number of nitrogens with two attached hydrogens (primary N) is 1. The summed E-state index contributed by atoms with van der Waals surface area (Å²) in [6, 6.07) is 6.36. The van der Waals surface area contributed by atoms with Crippen LogP contribution in [0, 0.1) is 6.92 Å². The van der Waals surface area contributed by atoms with E-state index in [1.54, 1.807) is 12.4 Å². The molecule has 2 aromatic rings. The van der Waals surface area contributed by atoms with Crippen molar-refractivity contribution in [1.82, 2.24) is 9.97 Å². The topological polar surface area (TPSA) is 67.4 Å². The Labute approximate surface area is 122 Å². The molecule has 3 rings (SSSR count). The van der Waals surface area contributed by atoms with Gasteiger partial charge in [-0.25, -0.2) is 14.3 Å². The minimum Gasteiger partial charge on any atom is -0.381 e. The third kappa shape index (κ3) is 2.12. The lowest BCUT2D eigenvalue weighted by Gasteiger charge is -2.25. The summed E-state index contributed by atoms with van der Waals surface area (Å²) >= 11 is 1.28. The second-order valence-electron chi connectivity index (χ2n) is 4.55. The summed E-state index contributed by atoms with van der Waals surface area (Å²) in [5.74, 6) is 1.14. The molecule has 2 heterocycles. The van der Waals surface area contributed by atoms with Gasteiger partial charge in [0.1, 0.15) is 17.8 Å². The second kappa shape index (κ2) is 5.13. The zero-order chi connectivity index (χ0) is 14.1. The number of aryl methyl sites for hydroxylation is 2. The molecule has 0 saturated heterocycles. The van der Waals surface area contributed by atoms with E-state index in [1.807, 2.05) is 4.31 Å². The fraction of sp³-hybridized carbons (Fsp3) is 0.214. The molecule has 6 heteroatoms. The molecule has 0 bridgehead atoms. The number of benzene rings is 1. The Bertz CT molecular complexity index is 683. The standard InChI is InChI=1S/C14H15N5S/c1-3-10-4-5-11(8-9(10)2)19-14-12(13(15)18-20-19)16-6-7-17-14/h4-8H,3H2,1-2H3,(H2,15,18). The monoisotopic (exact) mass is 285 g/mol. The average Bonchev–Trinajstić information content (AvgIpc) is 2.48. The lowest BCUT2D eigenvalue weighted by Crippen LogP contribution is -2.24. The van der Waals surface area contributed by atoms with Crippen LogP contribution in [0.25, 0.3) is 0 Å². The number of amidine groups is 1. The molecule has 1 aromatic heterocycles. The third-order valence-corrected chi connectivity index (χ3v) is 4.10. The molecule has 1 aliphatic rings. The van der Waals surface area contributed by atoms with E-state index in [2.05, 4.69) is 46.4 Å². The van der Waals surface area contributed by atoms with E-state index < -0.39 is 0 Å². The van der Waals surface area contributed by atoms with Gasteiger partial charge in [0.15, 0.2) is 11.7 Å². The van der Waals surface area contributed by atoms with Crippen molar-refractivity contribution in [3.63, 3.8) is 0 Å². The molecule has 102 valence electrons. The molecular weight excluding hydrogens is 270 g/mol. The maximum atomic E-state index is 5.86. The van der Waals surface area contributed by atoms with Crippen molar-refractivity contribution < 1.29 is 0 Å². The van der Waals surface area contributed by atoms with Gasteiger partial charge < -0.3 is 5.73 Å². The number of fused-ring (bicyclic) bond motifs is 1. The van der Waals surface area contributed by atoms with Gasteiger partial charge in [0, 0.05) is 12.4 Å².